The van der Waals surface area contributed by atoms with Crippen LogP contribution in [0.5, 0.6) is 0 Å². The van der Waals surface area contributed by atoms with Gasteiger partial charge in [-0.15, -0.1) is 0 Å². The molecule has 0 spiro atoms. The average molecular weight is 445 g/mol. The molecule has 32 heavy (non-hydrogen) atoms. The van der Waals surface area contributed by atoms with Gasteiger partial charge in [-0.25, -0.2) is 14.0 Å². The number of nitrogens with one attached hydrogen (secondary N) is 2. The molecule has 0 saturated carbocycles. The molecule has 0 unspecified atom stereocenters. The number of ether oxygens (including phenoxy) is 2. The Hall–Kier alpha value is -3.42. The number of esters is 1. The molecule has 2 N–H and O–H groups in total. The van der Waals surface area contributed by atoms with Crippen molar-refractivity contribution in [1.29, 1.82) is 0 Å². The third-order valence-electron chi connectivity index (χ3n) is 4.45. The summed E-state index contributed by atoms with van der Waals surface area (Å²) in [6.07, 6.45) is -0.489. The third-order valence-corrected chi connectivity index (χ3v) is 4.45. The molecule has 7 nitrogen and oxygen atoms in total. The van der Waals surface area contributed by atoms with E-state index in [0.29, 0.717) is 5.56 Å². The molecular formula is C24H29FN2O5. The van der Waals surface area contributed by atoms with Crippen molar-refractivity contribution >= 4 is 18.0 Å². The van der Waals surface area contributed by atoms with E-state index in [1.54, 1.807) is 20.8 Å². The highest BCUT2D eigenvalue weighted by molar-refractivity contribution is 5.90. The summed E-state index contributed by atoms with van der Waals surface area (Å²) in [5.74, 6) is -1.62. The van der Waals surface area contributed by atoms with E-state index < -0.39 is 41.5 Å². The highest BCUT2D eigenvalue weighted by Crippen LogP contribution is 2.11. The molecule has 2 rings (SSSR count). The molecule has 0 bridgehead atoms. The van der Waals surface area contributed by atoms with Gasteiger partial charge in [0.25, 0.3) is 0 Å². The summed E-state index contributed by atoms with van der Waals surface area (Å²) in [5, 5.41) is 5.20. The lowest BCUT2D eigenvalue weighted by molar-refractivity contribution is -0.145. The lowest BCUT2D eigenvalue weighted by Crippen LogP contribution is -2.53. The van der Waals surface area contributed by atoms with Gasteiger partial charge in [0.15, 0.2) is 0 Å². The topological polar surface area (TPSA) is 93.7 Å². The number of carbonyl (C=O) groups is 3. The van der Waals surface area contributed by atoms with Gasteiger partial charge in [0.1, 0.15) is 23.5 Å². The monoisotopic (exact) mass is 444 g/mol. The number of hydrogen-bond acceptors (Lipinski definition) is 5. The molecule has 2 amide bonds. The summed E-state index contributed by atoms with van der Waals surface area (Å²) in [7, 11) is 1.24. The van der Waals surface area contributed by atoms with Crippen LogP contribution in [0.15, 0.2) is 54.6 Å². The van der Waals surface area contributed by atoms with E-state index in [9.17, 15) is 18.8 Å². The molecule has 0 aliphatic carbocycles. The summed E-state index contributed by atoms with van der Waals surface area (Å²) in [6, 6.07) is 12.7. The second kappa shape index (κ2) is 11.3. The molecule has 0 saturated heterocycles. The molecule has 0 fully saturated rings. The largest absolute Gasteiger partial charge is 0.467 e. The van der Waals surface area contributed by atoms with E-state index in [2.05, 4.69) is 10.6 Å². The van der Waals surface area contributed by atoms with Crippen molar-refractivity contribution in [1.82, 2.24) is 10.6 Å². The first-order valence-corrected chi connectivity index (χ1v) is 10.2. The number of carbonyl (C=O) groups excluding carboxylic acids is 3. The summed E-state index contributed by atoms with van der Waals surface area (Å²) in [6.45, 7) is 5.11. The Labute approximate surface area is 187 Å². The number of amides is 2. The van der Waals surface area contributed by atoms with Gasteiger partial charge in [-0.05, 0) is 44.0 Å². The molecule has 8 heteroatoms. The van der Waals surface area contributed by atoms with Crippen molar-refractivity contribution in [3.63, 3.8) is 0 Å². The zero-order chi connectivity index (χ0) is 23.7. The molecular weight excluding hydrogens is 415 g/mol. The predicted molar refractivity (Wildman–Crippen MR) is 117 cm³/mol. The molecule has 0 radical (unpaired) electrons. The molecule has 0 heterocycles. The van der Waals surface area contributed by atoms with E-state index in [4.69, 9.17) is 9.47 Å². The number of hydrogen-bond donors (Lipinski definition) is 2. The van der Waals surface area contributed by atoms with Crippen molar-refractivity contribution in [3.05, 3.63) is 71.5 Å². The first-order chi connectivity index (χ1) is 15.1. The van der Waals surface area contributed by atoms with Gasteiger partial charge >= 0.3 is 12.1 Å². The van der Waals surface area contributed by atoms with Crippen LogP contribution in [0.3, 0.4) is 0 Å². The average Bonchev–Trinajstić information content (AvgIpc) is 2.73. The summed E-state index contributed by atoms with van der Waals surface area (Å²) >= 11 is 0. The van der Waals surface area contributed by atoms with Gasteiger partial charge in [0.2, 0.25) is 5.91 Å². The van der Waals surface area contributed by atoms with Crippen LogP contribution in [0.1, 0.15) is 31.9 Å². The number of benzene rings is 2. The molecule has 0 aromatic heterocycles. The predicted octanol–water partition coefficient (Wildman–Crippen LogP) is 3.16. The van der Waals surface area contributed by atoms with Crippen molar-refractivity contribution in [2.45, 2.75) is 51.3 Å². The highest BCUT2D eigenvalue weighted by Gasteiger charge is 2.29. The second-order valence-corrected chi connectivity index (χ2v) is 8.30. The molecule has 0 aliphatic heterocycles. The number of methoxy groups -OCH3 is 1. The fraction of sp³-hybridized carbons (Fsp3) is 0.375. The molecule has 2 aromatic carbocycles. The molecule has 2 atom stereocenters. The Kier molecular flexibility index (Phi) is 8.75. The van der Waals surface area contributed by atoms with Gasteiger partial charge in [-0.1, -0.05) is 42.5 Å². The van der Waals surface area contributed by atoms with Crippen molar-refractivity contribution < 1.29 is 28.2 Å². The van der Waals surface area contributed by atoms with Crippen LogP contribution in [0.25, 0.3) is 0 Å². The van der Waals surface area contributed by atoms with Gasteiger partial charge in [0, 0.05) is 12.8 Å². The van der Waals surface area contributed by atoms with E-state index in [1.165, 1.54) is 31.4 Å². The maximum atomic E-state index is 13.3. The summed E-state index contributed by atoms with van der Waals surface area (Å²) in [4.78, 5) is 37.7. The summed E-state index contributed by atoms with van der Waals surface area (Å²) < 4.78 is 23.4. The molecule has 2 aromatic rings. The Morgan fingerprint density at radius 3 is 2.00 bits per heavy atom. The maximum Gasteiger partial charge on any atom is 0.408 e. The van der Waals surface area contributed by atoms with Gasteiger partial charge in [0.05, 0.1) is 7.11 Å². The minimum atomic E-state index is -1.06. The minimum Gasteiger partial charge on any atom is -0.467 e. The van der Waals surface area contributed by atoms with Crippen molar-refractivity contribution in [2.24, 2.45) is 0 Å². The normalized spacial score (nSPS) is 12.9. The van der Waals surface area contributed by atoms with Gasteiger partial charge in [-0.3, -0.25) is 4.79 Å². The number of halogens is 1. The third kappa shape index (κ3) is 8.37. The van der Waals surface area contributed by atoms with Crippen LogP contribution in [-0.4, -0.2) is 42.8 Å². The van der Waals surface area contributed by atoms with Crippen LogP contribution in [0.2, 0.25) is 0 Å². The first kappa shape index (κ1) is 24.8. The second-order valence-electron chi connectivity index (χ2n) is 8.30. The Morgan fingerprint density at radius 1 is 0.875 bits per heavy atom. The quantitative estimate of drug-likeness (QED) is 0.610. The standard InChI is InChI=1S/C24H29FN2O5/c1-24(2,3)32-23(30)27-19(14-17-10-12-18(25)13-11-17)21(28)26-20(22(29)31-4)15-16-8-6-5-7-9-16/h5-13,19-20H,14-15H2,1-4H3,(H,26,28)(H,27,30)/t19-,20-/m1/s1. The van der Waals surface area contributed by atoms with E-state index in [1.807, 2.05) is 30.3 Å². The van der Waals surface area contributed by atoms with E-state index in [0.717, 1.165) is 5.56 Å². The van der Waals surface area contributed by atoms with Gasteiger partial charge in [-0.2, -0.15) is 0 Å². The fourth-order valence-corrected chi connectivity index (χ4v) is 2.97. The SMILES string of the molecule is COC(=O)[C@@H](Cc1ccccc1)NC(=O)[C@@H](Cc1ccc(F)cc1)NC(=O)OC(C)(C)C. The van der Waals surface area contributed by atoms with E-state index >= 15 is 0 Å². The number of rotatable bonds is 8. The lowest BCUT2D eigenvalue weighted by atomic mass is 10.0. The minimum absolute atomic E-state index is 0.0740. The van der Waals surface area contributed by atoms with Crippen LogP contribution in [-0.2, 0) is 31.9 Å². The van der Waals surface area contributed by atoms with Crippen LogP contribution < -0.4 is 10.6 Å². The van der Waals surface area contributed by atoms with Crippen LogP contribution in [0.4, 0.5) is 9.18 Å². The molecule has 0 aliphatic rings. The lowest BCUT2D eigenvalue weighted by Gasteiger charge is -2.25. The van der Waals surface area contributed by atoms with Crippen molar-refractivity contribution in [2.75, 3.05) is 7.11 Å². The first-order valence-electron chi connectivity index (χ1n) is 10.2. The smallest absolute Gasteiger partial charge is 0.408 e. The van der Waals surface area contributed by atoms with Crippen molar-refractivity contribution in [3.8, 4) is 0 Å². The zero-order valence-corrected chi connectivity index (χ0v) is 18.7. The Morgan fingerprint density at radius 2 is 1.44 bits per heavy atom. The Balaban J connectivity index is 2.20. The zero-order valence-electron chi connectivity index (χ0n) is 18.7. The number of alkyl carbamates (subject to hydrolysis) is 1. The van der Waals surface area contributed by atoms with Gasteiger partial charge < -0.3 is 20.1 Å². The fourth-order valence-electron chi connectivity index (χ4n) is 2.97. The van der Waals surface area contributed by atoms with E-state index in [-0.39, 0.29) is 12.8 Å². The summed E-state index contributed by atoms with van der Waals surface area (Å²) in [5.41, 5.74) is 0.696. The van der Waals surface area contributed by atoms with Crippen LogP contribution in [0, 0.1) is 5.82 Å². The Bertz CT molecular complexity index is 910. The van der Waals surface area contributed by atoms with Crippen LogP contribution >= 0.6 is 0 Å². The maximum absolute atomic E-state index is 13.3. The highest BCUT2D eigenvalue weighted by atomic mass is 19.1. The molecule has 172 valence electrons.